The van der Waals surface area contributed by atoms with Crippen molar-refractivity contribution in [3.8, 4) is 0 Å². The predicted octanol–water partition coefficient (Wildman–Crippen LogP) is 4.47. The summed E-state index contributed by atoms with van der Waals surface area (Å²) in [5.74, 6) is -1.82. The third-order valence-electron chi connectivity index (χ3n) is 5.63. The molecule has 2 aromatic carbocycles. The highest BCUT2D eigenvalue weighted by molar-refractivity contribution is 6.31. The van der Waals surface area contributed by atoms with E-state index in [-0.39, 0.29) is 29.4 Å². The molecule has 1 saturated carbocycles. The molecular weight excluding hydrogens is 431 g/mol. The third kappa shape index (κ3) is 4.81. The van der Waals surface area contributed by atoms with Gasteiger partial charge in [-0.3, -0.25) is 14.4 Å². The number of hydrogen-bond donors (Lipinski definition) is 1. The molecule has 1 amide bonds. The highest BCUT2D eigenvalue weighted by Crippen LogP contribution is 2.34. The van der Waals surface area contributed by atoms with E-state index >= 15 is 0 Å². The Morgan fingerprint density at radius 2 is 1.91 bits per heavy atom. The van der Waals surface area contributed by atoms with Crippen molar-refractivity contribution in [3.63, 3.8) is 0 Å². The maximum absolute atomic E-state index is 14.9. The summed E-state index contributed by atoms with van der Waals surface area (Å²) >= 11 is 6.42. The second-order valence-corrected chi connectivity index (χ2v) is 8.46. The molecule has 1 unspecified atom stereocenters. The molecule has 0 radical (unpaired) electrons. The second-order valence-electron chi connectivity index (χ2n) is 8.06. The molecule has 0 bridgehead atoms. The summed E-state index contributed by atoms with van der Waals surface area (Å²) in [5.41, 5.74) is 1.36. The molecule has 0 aliphatic heterocycles. The van der Waals surface area contributed by atoms with Gasteiger partial charge in [0.2, 0.25) is 5.56 Å². The van der Waals surface area contributed by atoms with Gasteiger partial charge in [0, 0.05) is 48.3 Å². The number of nitrogens with one attached hydrogen (secondary N) is 1. The van der Waals surface area contributed by atoms with Gasteiger partial charge in [-0.25, -0.2) is 4.39 Å². The fraction of sp³-hybridized carbons (Fsp3) is 0.240. The van der Waals surface area contributed by atoms with Gasteiger partial charge in [-0.15, -0.1) is 0 Å². The minimum Gasteiger partial charge on any atom is -0.349 e. The Labute approximate surface area is 189 Å². The Morgan fingerprint density at radius 3 is 2.56 bits per heavy atom. The molecular formula is C25H22ClFN2O3. The number of benzene rings is 2. The maximum Gasteiger partial charge on any atom is 0.254 e. The summed E-state index contributed by atoms with van der Waals surface area (Å²) < 4.78 is 16.2. The first-order chi connectivity index (χ1) is 15.3. The van der Waals surface area contributed by atoms with Gasteiger partial charge in [-0.2, -0.15) is 0 Å². The number of carbonyl (C=O) groups excluding carboxylic acids is 2. The van der Waals surface area contributed by atoms with Gasteiger partial charge >= 0.3 is 0 Å². The van der Waals surface area contributed by atoms with Crippen molar-refractivity contribution < 1.29 is 14.0 Å². The zero-order valence-corrected chi connectivity index (χ0v) is 18.2. The number of aromatic nitrogens is 1. The van der Waals surface area contributed by atoms with Crippen LogP contribution in [-0.2, 0) is 7.05 Å². The van der Waals surface area contributed by atoms with E-state index in [0.717, 1.165) is 12.8 Å². The first kappa shape index (κ1) is 22.0. The smallest absolute Gasteiger partial charge is 0.254 e. The first-order valence-corrected chi connectivity index (χ1v) is 10.8. The van der Waals surface area contributed by atoms with Crippen LogP contribution in [0.5, 0.6) is 0 Å². The number of rotatable bonds is 7. The third-order valence-corrected chi connectivity index (χ3v) is 5.97. The molecule has 1 N–H and O–H groups in total. The molecule has 0 spiro atoms. The van der Waals surface area contributed by atoms with Crippen molar-refractivity contribution >= 4 is 23.3 Å². The topological polar surface area (TPSA) is 68.2 Å². The average molecular weight is 453 g/mol. The van der Waals surface area contributed by atoms with Crippen LogP contribution in [0.15, 0.2) is 65.6 Å². The fourth-order valence-corrected chi connectivity index (χ4v) is 3.92. The van der Waals surface area contributed by atoms with E-state index in [2.05, 4.69) is 5.32 Å². The van der Waals surface area contributed by atoms with Crippen LogP contribution in [0.1, 0.15) is 57.0 Å². The van der Waals surface area contributed by atoms with Gasteiger partial charge < -0.3 is 9.88 Å². The lowest BCUT2D eigenvalue weighted by Crippen LogP contribution is -2.26. The average Bonchev–Trinajstić information content (AvgIpc) is 3.58. The number of amides is 1. The minimum atomic E-state index is -0.646. The Hall–Kier alpha value is -3.25. The summed E-state index contributed by atoms with van der Waals surface area (Å²) in [5, 5.41) is 3.24. The summed E-state index contributed by atoms with van der Waals surface area (Å²) in [4.78, 5) is 37.0. The van der Waals surface area contributed by atoms with Crippen molar-refractivity contribution in [2.45, 2.75) is 31.2 Å². The molecule has 1 aliphatic carbocycles. The largest absolute Gasteiger partial charge is 0.349 e. The van der Waals surface area contributed by atoms with Crippen LogP contribution in [0.2, 0.25) is 5.02 Å². The number of Topliss-reactive ketones (excluding diaryl/α,β-unsaturated/α-hetero) is 1. The molecule has 5 nitrogen and oxygen atoms in total. The van der Waals surface area contributed by atoms with Crippen molar-refractivity contribution in [2.75, 3.05) is 0 Å². The Morgan fingerprint density at radius 1 is 1.16 bits per heavy atom. The van der Waals surface area contributed by atoms with Crippen LogP contribution in [-0.4, -0.2) is 22.3 Å². The van der Waals surface area contributed by atoms with Gasteiger partial charge in [-0.05, 0) is 48.2 Å². The van der Waals surface area contributed by atoms with Crippen molar-refractivity contribution in [2.24, 2.45) is 7.05 Å². The van der Waals surface area contributed by atoms with Gasteiger partial charge in [0.05, 0.1) is 5.56 Å². The number of pyridine rings is 1. The number of aryl methyl sites for hydroxylation is 1. The number of halogens is 2. The van der Waals surface area contributed by atoms with Crippen LogP contribution in [0.3, 0.4) is 0 Å². The SMILES string of the molecule is Cn1cc(C(=O)CC(c2ccc(C(=O)NC3CC3)c(F)c2)c2ccccc2Cl)ccc1=O. The van der Waals surface area contributed by atoms with Gasteiger partial charge in [-0.1, -0.05) is 35.9 Å². The molecule has 164 valence electrons. The summed E-state index contributed by atoms with van der Waals surface area (Å²) in [6.07, 6.45) is 3.33. The number of carbonyl (C=O) groups is 2. The highest BCUT2D eigenvalue weighted by Gasteiger charge is 2.27. The molecule has 1 aromatic heterocycles. The molecule has 4 rings (SSSR count). The van der Waals surface area contributed by atoms with E-state index in [1.54, 1.807) is 37.4 Å². The molecule has 0 saturated heterocycles. The normalized spacial score (nSPS) is 14.1. The first-order valence-electron chi connectivity index (χ1n) is 10.4. The Bertz CT molecular complexity index is 1250. The van der Waals surface area contributed by atoms with Crippen LogP contribution < -0.4 is 10.9 Å². The van der Waals surface area contributed by atoms with E-state index in [1.165, 1.54) is 35.0 Å². The molecule has 3 aromatic rings. The van der Waals surface area contributed by atoms with E-state index in [0.29, 0.717) is 21.7 Å². The van der Waals surface area contributed by atoms with Crippen LogP contribution in [0, 0.1) is 5.82 Å². The molecule has 1 heterocycles. The molecule has 1 fully saturated rings. The van der Waals surface area contributed by atoms with E-state index < -0.39 is 17.6 Å². The van der Waals surface area contributed by atoms with Crippen LogP contribution in [0.4, 0.5) is 4.39 Å². The Balaban J connectivity index is 1.68. The lowest BCUT2D eigenvalue weighted by Gasteiger charge is -2.20. The zero-order valence-electron chi connectivity index (χ0n) is 17.5. The molecule has 1 aliphatic rings. The van der Waals surface area contributed by atoms with Crippen LogP contribution >= 0.6 is 11.6 Å². The molecule has 1 atom stereocenters. The lowest BCUT2D eigenvalue weighted by atomic mass is 9.85. The quantitative estimate of drug-likeness (QED) is 0.537. The van der Waals surface area contributed by atoms with E-state index in [4.69, 9.17) is 11.6 Å². The summed E-state index contributed by atoms with van der Waals surface area (Å²) in [6, 6.07) is 14.4. The van der Waals surface area contributed by atoms with Gasteiger partial charge in [0.25, 0.3) is 5.91 Å². The minimum absolute atomic E-state index is 0.0228. The summed E-state index contributed by atoms with van der Waals surface area (Å²) in [6.45, 7) is 0. The van der Waals surface area contributed by atoms with Crippen molar-refractivity contribution in [1.29, 1.82) is 0 Å². The van der Waals surface area contributed by atoms with Crippen LogP contribution in [0.25, 0.3) is 0 Å². The second kappa shape index (κ2) is 9.09. The van der Waals surface area contributed by atoms with Crippen molar-refractivity contribution in [1.82, 2.24) is 9.88 Å². The Kier molecular flexibility index (Phi) is 6.24. The standard InChI is InChI=1S/C25H22ClFN2O3/c1-29-14-16(7-11-24(29)31)23(30)13-20(18-4-2-3-5-21(18)26)15-6-10-19(22(27)12-15)25(32)28-17-8-9-17/h2-7,10-12,14,17,20H,8-9,13H2,1H3,(H,28,32). The van der Waals surface area contributed by atoms with Gasteiger partial charge in [0.15, 0.2) is 5.78 Å². The maximum atomic E-state index is 14.9. The summed E-state index contributed by atoms with van der Waals surface area (Å²) in [7, 11) is 1.57. The van der Waals surface area contributed by atoms with Crippen molar-refractivity contribution in [3.05, 3.63) is 104 Å². The highest BCUT2D eigenvalue weighted by atomic mass is 35.5. The predicted molar refractivity (Wildman–Crippen MR) is 121 cm³/mol. The molecule has 7 heteroatoms. The van der Waals surface area contributed by atoms with E-state index in [1.807, 2.05) is 0 Å². The number of ketones is 1. The van der Waals surface area contributed by atoms with Gasteiger partial charge in [0.1, 0.15) is 5.82 Å². The van der Waals surface area contributed by atoms with E-state index in [9.17, 15) is 18.8 Å². The monoisotopic (exact) mass is 452 g/mol. The molecule has 32 heavy (non-hydrogen) atoms. The number of hydrogen-bond acceptors (Lipinski definition) is 3. The fourth-order valence-electron chi connectivity index (χ4n) is 3.65. The number of nitrogens with zero attached hydrogens (tertiary/aromatic N) is 1. The lowest BCUT2D eigenvalue weighted by molar-refractivity contribution is 0.0944. The zero-order chi connectivity index (χ0) is 22.8.